The molecule has 5 nitrogen and oxygen atoms in total. The Hall–Kier alpha value is -3.67. The van der Waals surface area contributed by atoms with Crippen molar-refractivity contribution < 1.29 is 18.7 Å². The summed E-state index contributed by atoms with van der Waals surface area (Å²) in [6.07, 6.45) is 1.36. The maximum Gasteiger partial charge on any atom is 0.253 e. The van der Waals surface area contributed by atoms with Crippen molar-refractivity contribution in [1.82, 2.24) is 10.2 Å². The number of rotatable bonds is 7. The number of piperidine rings is 1. The molecule has 3 aromatic carbocycles. The number of ether oxygens (including phenoxy) is 1. The number of methoxy groups -OCH3 is 1. The van der Waals surface area contributed by atoms with E-state index in [9.17, 15) is 14.0 Å². The van der Waals surface area contributed by atoms with E-state index in [0.717, 1.165) is 16.9 Å². The van der Waals surface area contributed by atoms with Crippen LogP contribution >= 0.6 is 0 Å². The zero-order valence-corrected chi connectivity index (χ0v) is 19.2. The smallest absolute Gasteiger partial charge is 0.253 e. The molecular formula is C28H29FN2O3. The number of carbonyl (C=O) groups excluding carboxylic acids is 2. The van der Waals surface area contributed by atoms with Crippen LogP contribution in [0, 0.1) is 11.7 Å². The van der Waals surface area contributed by atoms with Gasteiger partial charge in [-0.25, -0.2) is 4.39 Å². The first-order valence-corrected chi connectivity index (χ1v) is 11.5. The van der Waals surface area contributed by atoms with Crippen molar-refractivity contribution in [2.75, 3.05) is 26.7 Å². The van der Waals surface area contributed by atoms with Gasteiger partial charge >= 0.3 is 0 Å². The second-order valence-electron chi connectivity index (χ2n) is 8.65. The fourth-order valence-corrected chi connectivity index (χ4v) is 4.49. The van der Waals surface area contributed by atoms with Crippen molar-refractivity contribution in [3.05, 3.63) is 101 Å². The molecule has 0 bridgehead atoms. The van der Waals surface area contributed by atoms with Gasteiger partial charge in [0, 0.05) is 31.1 Å². The third kappa shape index (κ3) is 5.81. The van der Waals surface area contributed by atoms with Gasteiger partial charge in [-0.15, -0.1) is 0 Å². The van der Waals surface area contributed by atoms with E-state index in [2.05, 4.69) is 5.32 Å². The third-order valence-electron chi connectivity index (χ3n) is 6.32. The number of benzene rings is 3. The second-order valence-corrected chi connectivity index (χ2v) is 8.65. The lowest BCUT2D eigenvalue weighted by atomic mass is 9.83. The molecular weight excluding hydrogens is 431 g/mol. The third-order valence-corrected chi connectivity index (χ3v) is 6.32. The summed E-state index contributed by atoms with van der Waals surface area (Å²) in [6, 6.07) is 23.4. The van der Waals surface area contributed by atoms with Crippen LogP contribution in [0.15, 0.2) is 78.9 Å². The highest BCUT2D eigenvalue weighted by molar-refractivity contribution is 5.94. The van der Waals surface area contributed by atoms with Crippen molar-refractivity contribution >= 4 is 11.8 Å². The maximum atomic E-state index is 13.7. The molecule has 1 aliphatic heterocycles. The van der Waals surface area contributed by atoms with Crippen LogP contribution in [0.3, 0.4) is 0 Å². The van der Waals surface area contributed by atoms with Crippen LogP contribution < -0.4 is 10.1 Å². The Morgan fingerprint density at radius 3 is 2.47 bits per heavy atom. The molecule has 176 valence electrons. The second kappa shape index (κ2) is 11.0. The van der Waals surface area contributed by atoms with E-state index in [0.29, 0.717) is 38.0 Å². The molecule has 0 spiro atoms. The number of halogens is 1. The number of hydrogen-bond acceptors (Lipinski definition) is 3. The monoisotopic (exact) mass is 460 g/mol. The van der Waals surface area contributed by atoms with Crippen molar-refractivity contribution in [3.8, 4) is 5.75 Å². The van der Waals surface area contributed by atoms with Gasteiger partial charge in [-0.05, 0) is 54.3 Å². The van der Waals surface area contributed by atoms with Gasteiger partial charge in [-0.3, -0.25) is 9.59 Å². The fourth-order valence-electron chi connectivity index (χ4n) is 4.49. The SMILES string of the molecule is COc1ccc(CCNC(=O)[C@@H]2C[C@@H](c3ccccc3)CN(C(=O)c3cccc(F)c3)C2)cc1. The van der Waals surface area contributed by atoms with Gasteiger partial charge in [0.25, 0.3) is 5.91 Å². The Bertz CT molecular complexity index is 1120. The van der Waals surface area contributed by atoms with Gasteiger partial charge in [0.05, 0.1) is 13.0 Å². The molecule has 1 aliphatic rings. The zero-order chi connectivity index (χ0) is 23.9. The number of amides is 2. The molecule has 0 saturated carbocycles. The summed E-state index contributed by atoms with van der Waals surface area (Å²) in [5, 5.41) is 3.04. The van der Waals surface area contributed by atoms with E-state index in [1.54, 1.807) is 18.1 Å². The van der Waals surface area contributed by atoms with E-state index >= 15 is 0 Å². The number of nitrogens with one attached hydrogen (secondary N) is 1. The van der Waals surface area contributed by atoms with Crippen LogP contribution in [0.4, 0.5) is 4.39 Å². The summed E-state index contributed by atoms with van der Waals surface area (Å²) >= 11 is 0. The lowest BCUT2D eigenvalue weighted by molar-refractivity contribution is -0.126. The van der Waals surface area contributed by atoms with Gasteiger partial charge < -0.3 is 15.0 Å². The topological polar surface area (TPSA) is 58.6 Å². The first-order valence-electron chi connectivity index (χ1n) is 11.5. The Balaban J connectivity index is 1.44. The zero-order valence-electron chi connectivity index (χ0n) is 19.2. The lowest BCUT2D eigenvalue weighted by Crippen LogP contribution is -2.48. The summed E-state index contributed by atoms with van der Waals surface area (Å²) in [5.74, 6) is -0.278. The highest BCUT2D eigenvalue weighted by Crippen LogP contribution is 2.31. The van der Waals surface area contributed by atoms with Crippen molar-refractivity contribution in [2.24, 2.45) is 5.92 Å². The minimum absolute atomic E-state index is 0.0322. The number of carbonyl (C=O) groups is 2. The molecule has 2 atom stereocenters. The molecule has 0 aliphatic carbocycles. The van der Waals surface area contributed by atoms with Crippen LogP contribution in [0.25, 0.3) is 0 Å². The molecule has 6 heteroatoms. The predicted octanol–water partition coefficient (Wildman–Crippen LogP) is 4.44. The van der Waals surface area contributed by atoms with E-state index in [-0.39, 0.29) is 23.7 Å². The molecule has 34 heavy (non-hydrogen) atoms. The fraction of sp³-hybridized carbons (Fsp3) is 0.286. The summed E-state index contributed by atoms with van der Waals surface area (Å²) in [5.41, 5.74) is 2.50. The Kier molecular flexibility index (Phi) is 7.58. The lowest BCUT2D eigenvalue weighted by Gasteiger charge is -2.37. The molecule has 3 aromatic rings. The van der Waals surface area contributed by atoms with E-state index in [1.165, 1.54) is 18.2 Å². The molecule has 0 aromatic heterocycles. The first kappa shape index (κ1) is 23.5. The normalized spacial score (nSPS) is 17.8. The maximum absolute atomic E-state index is 13.7. The van der Waals surface area contributed by atoms with Crippen LogP contribution in [-0.4, -0.2) is 43.5 Å². The number of likely N-dealkylation sites (tertiary alicyclic amines) is 1. The summed E-state index contributed by atoms with van der Waals surface area (Å²) < 4.78 is 18.9. The van der Waals surface area contributed by atoms with E-state index < -0.39 is 5.82 Å². The largest absolute Gasteiger partial charge is 0.497 e. The highest BCUT2D eigenvalue weighted by Gasteiger charge is 2.34. The van der Waals surface area contributed by atoms with Crippen LogP contribution in [0.1, 0.15) is 33.8 Å². The highest BCUT2D eigenvalue weighted by atomic mass is 19.1. The van der Waals surface area contributed by atoms with Gasteiger partial charge in [-0.1, -0.05) is 48.5 Å². The van der Waals surface area contributed by atoms with Crippen molar-refractivity contribution in [1.29, 1.82) is 0 Å². The van der Waals surface area contributed by atoms with Crippen LogP contribution in [0.5, 0.6) is 5.75 Å². The quantitative estimate of drug-likeness (QED) is 0.567. The Labute approximate surface area is 199 Å². The van der Waals surface area contributed by atoms with Gasteiger partial charge in [0.2, 0.25) is 5.91 Å². The molecule has 0 radical (unpaired) electrons. The first-order chi connectivity index (χ1) is 16.5. The molecule has 4 rings (SSSR count). The Morgan fingerprint density at radius 2 is 1.76 bits per heavy atom. The van der Waals surface area contributed by atoms with E-state index in [1.807, 2.05) is 54.6 Å². The standard InChI is InChI=1S/C28H29FN2O3/c1-34-26-12-10-20(11-13-26)14-15-30-27(32)24-16-23(21-6-3-2-4-7-21)18-31(19-24)28(33)22-8-5-9-25(29)17-22/h2-13,17,23-24H,14-16,18-19H2,1H3,(H,30,32)/t23-,24-/m1/s1. The summed E-state index contributed by atoms with van der Waals surface area (Å²) in [4.78, 5) is 27.9. The van der Waals surface area contributed by atoms with E-state index in [4.69, 9.17) is 4.74 Å². The number of hydrogen-bond donors (Lipinski definition) is 1. The van der Waals surface area contributed by atoms with Gasteiger partial charge in [0.15, 0.2) is 0 Å². The van der Waals surface area contributed by atoms with Gasteiger partial charge in [-0.2, -0.15) is 0 Å². The average molecular weight is 461 g/mol. The molecule has 1 N–H and O–H groups in total. The molecule has 1 saturated heterocycles. The van der Waals surface area contributed by atoms with Gasteiger partial charge in [0.1, 0.15) is 11.6 Å². The predicted molar refractivity (Wildman–Crippen MR) is 129 cm³/mol. The van der Waals surface area contributed by atoms with Crippen LogP contribution in [-0.2, 0) is 11.2 Å². The minimum atomic E-state index is -0.449. The molecule has 1 heterocycles. The molecule has 1 fully saturated rings. The Morgan fingerprint density at radius 1 is 1.00 bits per heavy atom. The minimum Gasteiger partial charge on any atom is -0.497 e. The van der Waals surface area contributed by atoms with Crippen molar-refractivity contribution in [2.45, 2.75) is 18.8 Å². The molecule has 2 amide bonds. The summed E-state index contributed by atoms with van der Waals surface area (Å²) in [6.45, 7) is 1.32. The summed E-state index contributed by atoms with van der Waals surface area (Å²) in [7, 11) is 1.63. The van der Waals surface area contributed by atoms with Crippen molar-refractivity contribution in [3.63, 3.8) is 0 Å². The number of nitrogens with zero attached hydrogens (tertiary/aromatic N) is 1. The molecule has 0 unspecified atom stereocenters. The average Bonchev–Trinajstić information content (AvgIpc) is 2.89. The van der Waals surface area contributed by atoms with Crippen LogP contribution in [0.2, 0.25) is 0 Å².